The van der Waals surface area contributed by atoms with E-state index >= 15 is 0 Å². The summed E-state index contributed by atoms with van der Waals surface area (Å²) >= 11 is 0. The van der Waals surface area contributed by atoms with Gasteiger partial charge in [0.2, 0.25) is 0 Å². The molecule has 0 saturated carbocycles. The molecule has 0 amide bonds. The van der Waals surface area contributed by atoms with Gasteiger partial charge in [0, 0.05) is 18.3 Å². The lowest BCUT2D eigenvalue weighted by molar-refractivity contribution is -0.0240. The van der Waals surface area contributed by atoms with Gasteiger partial charge in [0.25, 0.3) is 0 Å². The zero-order chi connectivity index (χ0) is 16.1. The minimum atomic E-state index is -2.66. The third-order valence-corrected chi connectivity index (χ3v) is 7.09. The molecule has 0 unspecified atom stereocenters. The predicted molar refractivity (Wildman–Crippen MR) is 90.4 cm³/mol. The van der Waals surface area contributed by atoms with Crippen molar-refractivity contribution >= 4 is 8.80 Å². The number of hydrogen-bond donors (Lipinski definition) is 0. The van der Waals surface area contributed by atoms with Gasteiger partial charge >= 0.3 is 8.80 Å². The Morgan fingerprint density at radius 3 is 2.05 bits per heavy atom. The molecule has 0 aliphatic heterocycles. The Morgan fingerprint density at radius 2 is 1.67 bits per heavy atom. The van der Waals surface area contributed by atoms with Crippen LogP contribution in [0.3, 0.4) is 0 Å². The van der Waals surface area contributed by atoms with E-state index in [2.05, 4.69) is 54.5 Å². The van der Waals surface area contributed by atoms with Gasteiger partial charge in [-0.25, -0.2) is 0 Å². The maximum Gasteiger partial charge on any atom is 0.501 e. The molecule has 0 atom stereocenters. The highest BCUT2D eigenvalue weighted by atomic mass is 28.4. The molecular formula is C17H34O3Si. The van der Waals surface area contributed by atoms with Crippen LogP contribution in [0.15, 0.2) is 11.6 Å². The molecule has 0 bridgehead atoms. The first-order valence-corrected chi connectivity index (χ1v) is 10.4. The van der Waals surface area contributed by atoms with Crippen molar-refractivity contribution < 1.29 is 13.3 Å². The SMILES string of the molecule is CC[Si](OC(C)C)(OC(C)C)OC(C)(C)C1=CCCCC1. The summed E-state index contributed by atoms with van der Waals surface area (Å²) in [7, 11) is -2.66. The second kappa shape index (κ2) is 7.91. The minimum Gasteiger partial charge on any atom is -0.371 e. The molecule has 124 valence electrons. The second-order valence-electron chi connectivity index (χ2n) is 6.96. The van der Waals surface area contributed by atoms with Crippen molar-refractivity contribution in [2.24, 2.45) is 0 Å². The first kappa shape index (κ1) is 18.9. The summed E-state index contributed by atoms with van der Waals surface area (Å²) in [5.74, 6) is 0. The summed E-state index contributed by atoms with van der Waals surface area (Å²) in [6.07, 6.45) is 7.43. The predicted octanol–water partition coefficient (Wildman–Crippen LogP) is 5.09. The fourth-order valence-electron chi connectivity index (χ4n) is 2.87. The quantitative estimate of drug-likeness (QED) is 0.461. The number of hydrogen-bond acceptors (Lipinski definition) is 3. The van der Waals surface area contributed by atoms with E-state index in [-0.39, 0.29) is 17.8 Å². The van der Waals surface area contributed by atoms with Crippen LogP contribution in [0.5, 0.6) is 0 Å². The highest BCUT2D eigenvalue weighted by Gasteiger charge is 2.46. The van der Waals surface area contributed by atoms with E-state index in [9.17, 15) is 0 Å². The van der Waals surface area contributed by atoms with Crippen LogP contribution in [0.4, 0.5) is 0 Å². The molecule has 4 heteroatoms. The highest BCUT2D eigenvalue weighted by Crippen LogP contribution is 2.34. The molecular weight excluding hydrogens is 280 g/mol. The minimum absolute atomic E-state index is 0.117. The average Bonchev–Trinajstić information content (AvgIpc) is 2.37. The molecule has 1 rings (SSSR count). The Morgan fingerprint density at radius 1 is 1.10 bits per heavy atom. The van der Waals surface area contributed by atoms with Crippen molar-refractivity contribution in [3.05, 3.63) is 11.6 Å². The third-order valence-electron chi connectivity index (χ3n) is 3.74. The van der Waals surface area contributed by atoms with E-state index in [4.69, 9.17) is 13.3 Å². The molecule has 0 N–H and O–H groups in total. The molecule has 0 aromatic heterocycles. The van der Waals surface area contributed by atoms with E-state index in [1.165, 1.54) is 24.8 Å². The fraction of sp³-hybridized carbons (Fsp3) is 0.882. The van der Waals surface area contributed by atoms with Crippen LogP contribution in [-0.4, -0.2) is 26.6 Å². The van der Waals surface area contributed by atoms with Crippen LogP contribution in [0, 0.1) is 0 Å². The first-order chi connectivity index (χ1) is 9.71. The van der Waals surface area contributed by atoms with Gasteiger partial charge in [0.05, 0.1) is 5.60 Å². The molecule has 1 aliphatic carbocycles. The Hall–Kier alpha value is -0.163. The van der Waals surface area contributed by atoms with Crippen molar-refractivity contribution in [3.8, 4) is 0 Å². The normalized spacial score (nSPS) is 17.5. The maximum absolute atomic E-state index is 6.56. The van der Waals surface area contributed by atoms with Crippen LogP contribution in [0.1, 0.15) is 74.1 Å². The monoisotopic (exact) mass is 314 g/mol. The molecule has 21 heavy (non-hydrogen) atoms. The smallest absolute Gasteiger partial charge is 0.371 e. The molecule has 0 fully saturated rings. The molecule has 0 aromatic rings. The van der Waals surface area contributed by atoms with Crippen molar-refractivity contribution in [3.63, 3.8) is 0 Å². The van der Waals surface area contributed by atoms with E-state index in [0.717, 1.165) is 12.5 Å². The van der Waals surface area contributed by atoms with E-state index in [1.807, 2.05) is 0 Å². The van der Waals surface area contributed by atoms with Crippen LogP contribution in [-0.2, 0) is 13.3 Å². The van der Waals surface area contributed by atoms with E-state index < -0.39 is 8.80 Å². The topological polar surface area (TPSA) is 27.7 Å². The van der Waals surface area contributed by atoms with Gasteiger partial charge in [-0.3, -0.25) is 0 Å². The average molecular weight is 315 g/mol. The van der Waals surface area contributed by atoms with Crippen LogP contribution in [0.25, 0.3) is 0 Å². The van der Waals surface area contributed by atoms with Crippen molar-refractivity contribution in [1.29, 1.82) is 0 Å². The lowest BCUT2D eigenvalue weighted by Crippen LogP contribution is -2.53. The highest BCUT2D eigenvalue weighted by molar-refractivity contribution is 6.60. The van der Waals surface area contributed by atoms with Gasteiger partial charge in [-0.05, 0) is 72.8 Å². The van der Waals surface area contributed by atoms with Gasteiger partial charge in [0.15, 0.2) is 0 Å². The first-order valence-electron chi connectivity index (χ1n) is 8.46. The fourth-order valence-corrected chi connectivity index (χ4v) is 5.85. The lowest BCUT2D eigenvalue weighted by atomic mass is 9.88. The summed E-state index contributed by atoms with van der Waals surface area (Å²) in [4.78, 5) is 0. The zero-order valence-corrected chi connectivity index (χ0v) is 16.0. The lowest BCUT2D eigenvalue weighted by Gasteiger charge is -2.41. The summed E-state index contributed by atoms with van der Waals surface area (Å²) in [5, 5.41) is 0. The Bertz CT molecular complexity index is 338. The van der Waals surface area contributed by atoms with Gasteiger partial charge in [-0.1, -0.05) is 13.0 Å². The Labute approximate surface area is 132 Å². The molecule has 0 radical (unpaired) electrons. The standard InChI is InChI=1S/C17H34O3Si/c1-8-21(18-14(2)3,19-15(4)5)20-17(6,7)16-12-10-9-11-13-16/h12,14-15H,8-11,13H2,1-7H3. The van der Waals surface area contributed by atoms with Crippen molar-refractivity contribution in [2.45, 2.75) is 98.0 Å². The van der Waals surface area contributed by atoms with Crippen molar-refractivity contribution in [1.82, 2.24) is 0 Å². The molecule has 3 nitrogen and oxygen atoms in total. The molecule has 1 aliphatic rings. The van der Waals surface area contributed by atoms with Gasteiger partial charge < -0.3 is 13.3 Å². The Balaban J connectivity index is 2.94. The number of rotatable bonds is 8. The molecule has 0 saturated heterocycles. The summed E-state index contributed by atoms with van der Waals surface area (Å²) in [5.41, 5.74) is 1.10. The maximum atomic E-state index is 6.56. The summed E-state index contributed by atoms with van der Waals surface area (Å²) in [6.45, 7) is 14.6. The Kier molecular flexibility index (Phi) is 7.11. The van der Waals surface area contributed by atoms with Gasteiger partial charge in [0.1, 0.15) is 0 Å². The third kappa shape index (κ3) is 5.85. The van der Waals surface area contributed by atoms with Crippen LogP contribution < -0.4 is 0 Å². The van der Waals surface area contributed by atoms with Crippen LogP contribution in [0.2, 0.25) is 6.04 Å². The molecule has 0 heterocycles. The zero-order valence-electron chi connectivity index (χ0n) is 15.0. The molecule has 0 aromatic carbocycles. The van der Waals surface area contributed by atoms with E-state index in [0.29, 0.717) is 0 Å². The summed E-state index contributed by atoms with van der Waals surface area (Å²) < 4.78 is 18.9. The van der Waals surface area contributed by atoms with E-state index in [1.54, 1.807) is 0 Å². The van der Waals surface area contributed by atoms with Crippen molar-refractivity contribution in [2.75, 3.05) is 0 Å². The largest absolute Gasteiger partial charge is 0.501 e. The van der Waals surface area contributed by atoms with Gasteiger partial charge in [-0.2, -0.15) is 0 Å². The van der Waals surface area contributed by atoms with Crippen LogP contribution >= 0.6 is 0 Å². The second-order valence-corrected chi connectivity index (χ2v) is 9.71. The summed E-state index contributed by atoms with van der Waals surface area (Å²) in [6, 6.07) is 0.806. The molecule has 0 spiro atoms. The van der Waals surface area contributed by atoms with Gasteiger partial charge in [-0.15, -0.1) is 0 Å². The number of allylic oxidation sites excluding steroid dienone is 1.